The van der Waals surface area contributed by atoms with Gasteiger partial charge in [0.05, 0.1) is 13.1 Å². The maximum Gasteiger partial charge on any atom is 0.330 e. The van der Waals surface area contributed by atoms with Crippen LogP contribution in [0.3, 0.4) is 0 Å². The van der Waals surface area contributed by atoms with Crippen molar-refractivity contribution in [2.45, 2.75) is 26.1 Å². The summed E-state index contributed by atoms with van der Waals surface area (Å²) in [5, 5.41) is 8.21. The second-order valence-electron chi connectivity index (χ2n) is 8.14. The van der Waals surface area contributed by atoms with Gasteiger partial charge in [0, 0.05) is 30.5 Å². The van der Waals surface area contributed by atoms with Gasteiger partial charge in [-0.15, -0.1) is 10.2 Å². The number of amides is 2. The first-order valence-electron chi connectivity index (χ1n) is 10.5. The number of halogens is 1. The fourth-order valence-corrected chi connectivity index (χ4v) is 3.97. The largest absolute Gasteiger partial charge is 0.366 e. The third-order valence-electron chi connectivity index (χ3n) is 5.74. The molecule has 0 unspecified atom stereocenters. The maximum atomic E-state index is 13.1. The van der Waals surface area contributed by atoms with E-state index in [0.29, 0.717) is 43.5 Å². The first-order valence-corrected chi connectivity index (χ1v) is 10.5. The van der Waals surface area contributed by atoms with Gasteiger partial charge in [-0.3, -0.25) is 9.80 Å². The molecule has 2 aliphatic heterocycles. The number of carbonyl (C=O) groups excluding carboxylic acids is 1. The first kappa shape index (κ1) is 19.5. The highest BCUT2D eigenvalue weighted by Crippen LogP contribution is 2.29. The van der Waals surface area contributed by atoms with Crippen LogP contribution in [0.15, 0.2) is 48.8 Å². The number of rotatable bonds is 5. The second kappa shape index (κ2) is 7.64. The molecule has 2 aliphatic rings. The molecular weight excluding hydrogens is 397 g/mol. The van der Waals surface area contributed by atoms with Crippen molar-refractivity contribution in [3.05, 3.63) is 48.8 Å². The van der Waals surface area contributed by atoms with Gasteiger partial charge in [-0.2, -0.15) is 0 Å². The van der Waals surface area contributed by atoms with Crippen LogP contribution >= 0.6 is 0 Å². The Morgan fingerprint density at radius 1 is 1.00 bits per heavy atom. The Balaban J connectivity index is 1.35. The van der Waals surface area contributed by atoms with Crippen molar-refractivity contribution in [1.82, 2.24) is 19.7 Å². The van der Waals surface area contributed by atoms with E-state index in [9.17, 15) is 9.18 Å². The van der Waals surface area contributed by atoms with Gasteiger partial charge in [0.2, 0.25) is 0 Å². The van der Waals surface area contributed by atoms with E-state index in [0.717, 1.165) is 11.4 Å². The lowest BCUT2D eigenvalue weighted by molar-refractivity contribution is 0.255. The smallest absolute Gasteiger partial charge is 0.330 e. The predicted octanol–water partition coefficient (Wildman–Crippen LogP) is 3.53. The molecule has 5 rings (SSSR count). The molecule has 160 valence electrons. The predicted molar refractivity (Wildman–Crippen MR) is 117 cm³/mol. The van der Waals surface area contributed by atoms with E-state index < -0.39 is 6.17 Å². The number of urea groups is 1. The van der Waals surface area contributed by atoms with Crippen LogP contribution in [0.5, 0.6) is 0 Å². The minimum Gasteiger partial charge on any atom is -0.366 e. The number of hydrogen-bond acceptors (Lipinski definition) is 5. The molecule has 1 aromatic carbocycles. The van der Waals surface area contributed by atoms with Gasteiger partial charge in [0.1, 0.15) is 24.0 Å². The Morgan fingerprint density at radius 3 is 2.42 bits per heavy atom. The fraction of sp³-hybridized carbons (Fsp3) is 0.364. The van der Waals surface area contributed by atoms with Crippen LogP contribution in [0, 0.1) is 0 Å². The van der Waals surface area contributed by atoms with Crippen molar-refractivity contribution in [2.24, 2.45) is 0 Å². The zero-order valence-corrected chi connectivity index (χ0v) is 17.5. The highest BCUT2D eigenvalue weighted by Gasteiger charge is 2.32. The van der Waals surface area contributed by atoms with Crippen LogP contribution in [0.2, 0.25) is 0 Å². The SMILES string of the molecule is CC(C)n1cnnc1-c1cccc(N2CCN(c3ccc(N4CC(F)C4)cc3)C2=O)n1. The molecule has 31 heavy (non-hydrogen) atoms. The molecule has 0 saturated carbocycles. The van der Waals surface area contributed by atoms with Gasteiger partial charge in [0.25, 0.3) is 0 Å². The summed E-state index contributed by atoms with van der Waals surface area (Å²) in [7, 11) is 0. The summed E-state index contributed by atoms with van der Waals surface area (Å²) in [6, 6.07) is 13.4. The van der Waals surface area contributed by atoms with E-state index in [1.54, 1.807) is 16.1 Å². The van der Waals surface area contributed by atoms with Gasteiger partial charge in [-0.25, -0.2) is 14.2 Å². The maximum absolute atomic E-state index is 13.1. The topological polar surface area (TPSA) is 70.4 Å². The molecule has 4 heterocycles. The quantitative estimate of drug-likeness (QED) is 0.630. The van der Waals surface area contributed by atoms with Crippen LogP contribution < -0.4 is 14.7 Å². The van der Waals surface area contributed by atoms with Gasteiger partial charge < -0.3 is 9.47 Å². The molecule has 8 nitrogen and oxygen atoms in total. The molecule has 3 aromatic rings. The average molecular weight is 421 g/mol. The molecule has 2 fully saturated rings. The number of benzene rings is 1. The lowest BCUT2D eigenvalue weighted by Crippen LogP contribution is -2.48. The minimum absolute atomic E-state index is 0.115. The molecule has 0 spiro atoms. The third kappa shape index (κ3) is 3.49. The molecule has 2 saturated heterocycles. The van der Waals surface area contributed by atoms with Crippen LogP contribution in [0.25, 0.3) is 11.5 Å². The summed E-state index contributed by atoms with van der Waals surface area (Å²) in [5.74, 6) is 1.27. The zero-order valence-electron chi connectivity index (χ0n) is 17.5. The number of hydrogen-bond donors (Lipinski definition) is 0. The van der Waals surface area contributed by atoms with Crippen LogP contribution in [-0.2, 0) is 0 Å². The van der Waals surface area contributed by atoms with Gasteiger partial charge in [0.15, 0.2) is 5.82 Å². The normalized spacial score (nSPS) is 17.0. The summed E-state index contributed by atoms with van der Waals surface area (Å²) in [5.41, 5.74) is 2.48. The second-order valence-corrected chi connectivity index (χ2v) is 8.14. The molecule has 0 N–H and O–H groups in total. The zero-order chi connectivity index (χ0) is 21.5. The lowest BCUT2D eigenvalue weighted by atomic mass is 10.1. The standard InChI is InChI=1S/C22H24FN7O/c1-15(2)30-14-24-26-21(30)19-4-3-5-20(25-19)29-11-10-28(22(29)31)18-8-6-17(7-9-18)27-12-16(23)13-27/h3-9,14-16H,10-13H2,1-2H3. The van der Waals surface area contributed by atoms with E-state index in [-0.39, 0.29) is 12.1 Å². The summed E-state index contributed by atoms with van der Waals surface area (Å²) in [6.45, 7) is 6.10. The number of pyridine rings is 1. The first-order chi connectivity index (χ1) is 15.0. The highest BCUT2D eigenvalue weighted by atomic mass is 19.1. The Bertz CT molecular complexity index is 1090. The van der Waals surface area contributed by atoms with Crippen LogP contribution in [-0.4, -0.2) is 58.1 Å². The molecular formula is C22H24FN7O. The Labute approximate surface area is 179 Å². The molecule has 0 bridgehead atoms. The summed E-state index contributed by atoms with van der Waals surface area (Å²) < 4.78 is 15.1. The monoisotopic (exact) mass is 421 g/mol. The van der Waals surface area contributed by atoms with Crippen LogP contribution in [0.4, 0.5) is 26.4 Å². The third-order valence-corrected chi connectivity index (χ3v) is 5.74. The van der Waals surface area contributed by atoms with Crippen molar-refractivity contribution in [1.29, 1.82) is 0 Å². The summed E-state index contributed by atoms with van der Waals surface area (Å²) >= 11 is 0. The lowest BCUT2D eigenvalue weighted by Gasteiger charge is -2.36. The number of alkyl halides is 1. The fourth-order valence-electron chi connectivity index (χ4n) is 3.97. The van der Waals surface area contributed by atoms with Gasteiger partial charge in [-0.05, 0) is 50.2 Å². The molecule has 2 aromatic heterocycles. The highest BCUT2D eigenvalue weighted by molar-refractivity contribution is 6.05. The number of carbonyl (C=O) groups is 1. The van der Waals surface area contributed by atoms with Crippen molar-refractivity contribution in [3.63, 3.8) is 0 Å². The molecule has 9 heteroatoms. The number of aromatic nitrogens is 4. The van der Waals surface area contributed by atoms with Crippen molar-refractivity contribution < 1.29 is 9.18 Å². The Hall–Kier alpha value is -3.49. The minimum atomic E-state index is -0.744. The summed E-state index contributed by atoms with van der Waals surface area (Å²) in [4.78, 5) is 23.2. The van der Waals surface area contributed by atoms with Gasteiger partial charge >= 0.3 is 6.03 Å². The Kier molecular flexibility index (Phi) is 4.80. The van der Waals surface area contributed by atoms with E-state index in [4.69, 9.17) is 4.98 Å². The van der Waals surface area contributed by atoms with Crippen molar-refractivity contribution >= 4 is 23.2 Å². The Morgan fingerprint density at radius 2 is 1.71 bits per heavy atom. The van der Waals surface area contributed by atoms with E-state index in [1.807, 2.05) is 51.9 Å². The number of nitrogens with zero attached hydrogens (tertiary/aromatic N) is 7. The van der Waals surface area contributed by atoms with E-state index >= 15 is 0 Å². The van der Waals surface area contributed by atoms with E-state index in [1.165, 1.54) is 0 Å². The molecule has 2 amide bonds. The summed E-state index contributed by atoms with van der Waals surface area (Å²) in [6.07, 6.45) is 0.945. The molecule has 0 atom stereocenters. The van der Waals surface area contributed by atoms with Crippen molar-refractivity contribution in [3.8, 4) is 11.5 Å². The van der Waals surface area contributed by atoms with E-state index in [2.05, 4.69) is 24.0 Å². The molecule has 0 radical (unpaired) electrons. The number of anilines is 3. The molecule has 0 aliphatic carbocycles. The van der Waals surface area contributed by atoms with Crippen LogP contribution in [0.1, 0.15) is 19.9 Å². The van der Waals surface area contributed by atoms with Crippen molar-refractivity contribution in [2.75, 3.05) is 40.9 Å². The van der Waals surface area contributed by atoms with Gasteiger partial charge in [-0.1, -0.05) is 6.07 Å². The average Bonchev–Trinajstić information content (AvgIpc) is 3.39.